The van der Waals surface area contributed by atoms with Gasteiger partial charge in [0.1, 0.15) is 37.1 Å². The summed E-state index contributed by atoms with van der Waals surface area (Å²) in [4.78, 5) is 18.9. The molecule has 5 aromatic rings. The second-order valence-corrected chi connectivity index (χ2v) is 13.3. The van der Waals surface area contributed by atoms with Crippen LogP contribution in [-0.4, -0.2) is 74.8 Å². The number of anilines is 2. The van der Waals surface area contributed by atoms with Gasteiger partial charge in [-0.15, -0.1) is 0 Å². The maximum atomic E-state index is 15.4. The normalized spacial score (nSPS) is 21.3. The molecule has 0 spiro atoms. The van der Waals surface area contributed by atoms with Crippen LogP contribution in [0.25, 0.3) is 5.69 Å². The molecule has 1 saturated carbocycles. The first-order valence-electron chi connectivity index (χ1n) is 17.4. The first kappa shape index (κ1) is 32.2. The number of benzene rings is 3. The van der Waals surface area contributed by atoms with E-state index in [0.29, 0.717) is 43.6 Å². The molecular formula is C37H41FN8O4. The van der Waals surface area contributed by atoms with Crippen molar-refractivity contribution in [2.75, 3.05) is 49.2 Å². The maximum Gasteiger partial charge on any atom is 0.350 e. The number of nitrogens with zero attached hydrogens (tertiary/aromatic N) is 8. The van der Waals surface area contributed by atoms with Crippen LogP contribution in [-0.2, 0) is 28.4 Å². The highest BCUT2D eigenvalue weighted by atomic mass is 19.1. The predicted molar refractivity (Wildman–Crippen MR) is 185 cm³/mol. The summed E-state index contributed by atoms with van der Waals surface area (Å²) in [5.41, 5.74) is 3.19. The Kier molecular flexibility index (Phi) is 9.07. The average Bonchev–Trinajstić information content (AvgIpc) is 3.99. The Morgan fingerprint density at radius 3 is 2.32 bits per heavy atom. The van der Waals surface area contributed by atoms with Crippen LogP contribution in [0.5, 0.6) is 5.75 Å². The van der Waals surface area contributed by atoms with Crippen molar-refractivity contribution < 1.29 is 18.6 Å². The summed E-state index contributed by atoms with van der Waals surface area (Å²) in [6.45, 7) is 4.33. The van der Waals surface area contributed by atoms with Gasteiger partial charge in [0.25, 0.3) is 0 Å². The van der Waals surface area contributed by atoms with Crippen molar-refractivity contribution >= 4 is 11.4 Å². The number of halogens is 1. The van der Waals surface area contributed by atoms with Gasteiger partial charge in [0, 0.05) is 50.0 Å². The monoisotopic (exact) mass is 680 g/mol. The molecule has 12 nitrogen and oxygen atoms in total. The van der Waals surface area contributed by atoms with E-state index in [1.54, 1.807) is 44.9 Å². The summed E-state index contributed by atoms with van der Waals surface area (Å²) < 4.78 is 37.2. The lowest BCUT2D eigenvalue weighted by molar-refractivity contribution is -0.192. The Labute approximate surface area is 289 Å². The quantitative estimate of drug-likeness (QED) is 0.198. The molecule has 3 aromatic carbocycles. The number of piperazine rings is 1. The minimum atomic E-state index is -1.05. The van der Waals surface area contributed by atoms with Crippen molar-refractivity contribution in [3.05, 3.63) is 113 Å². The molecule has 13 heteroatoms. The van der Waals surface area contributed by atoms with E-state index < -0.39 is 5.79 Å². The van der Waals surface area contributed by atoms with Crippen molar-refractivity contribution in [3.63, 3.8) is 0 Å². The van der Waals surface area contributed by atoms with E-state index in [1.807, 2.05) is 54.6 Å². The molecule has 1 aliphatic carbocycles. The third-order valence-corrected chi connectivity index (χ3v) is 10.00. The highest BCUT2D eigenvalue weighted by molar-refractivity contribution is 5.55. The molecule has 2 aliphatic heterocycles. The third-order valence-electron chi connectivity index (χ3n) is 10.00. The van der Waals surface area contributed by atoms with E-state index in [4.69, 9.17) is 14.2 Å². The lowest BCUT2D eigenvalue weighted by Crippen LogP contribution is -2.46. The Hall–Kier alpha value is -5.01. The Morgan fingerprint density at radius 2 is 1.58 bits per heavy atom. The second kappa shape index (κ2) is 14.1. The van der Waals surface area contributed by atoms with Crippen molar-refractivity contribution in [1.29, 1.82) is 0 Å². The Morgan fingerprint density at radius 1 is 0.860 bits per heavy atom. The number of rotatable bonds is 11. The van der Waals surface area contributed by atoms with Crippen LogP contribution < -0.4 is 20.2 Å². The molecule has 0 bridgehead atoms. The molecule has 0 amide bonds. The van der Waals surface area contributed by atoms with Gasteiger partial charge >= 0.3 is 5.69 Å². The predicted octanol–water partition coefficient (Wildman–Crippen LogP) is 4.63. The summed E-state index contributed by atoms with van der Waals surface area (Å²) in [6, 6.07) is 22.7. The van der Waals surface area contributed by atoms with Gasteiger partial charge in [-0.2, -0.15) is 20.1 Å². The zero-order chi connectivity index (χ0) is 33.9. The van der Waals surface area contributed by atoms with Crippen LogP contribution in [0.2, 0.25) is 0 Å². The molecule has 0 N–H and O–H groups in total. The van der Waals surface area contributed by atoms with Gasteiger partial charge in [0.05, 0.1) is 30.4 Å². The van der Waals surface area contributed by atoms with E-state index in [-0.39, 0.29) is 30.8 Å². The smallest absolute Gasteiger partial charge is 0.350 e. The Bertz CT molecular complexity index is 1920. The van der Waals surface area contributed by atoms with Gasteiger partial charge in [-0.25, -0.2) is 18.4 Å². The van der Waals surface area contributed by atoms with Gasteiger partial charge in [0.2, 0.25) is 5.79 Å². The molecule has 3 aliphatic rings. The lowest BCUT2D eigenvalue weighted by atomic mass is 10.1. The molecule has 4 heterocycles. The van der Waals surface area contributed by atoms with Crippen LogP contribution in [0.15, 0.2) is 96.3 Å². The van der Waals surface area contributed by atoms with Gasteiger partial charge in [-0.05, 0) is 55.2 Å². The summed E-state index contributed by atoms with van der Waals surface area (Å²) in [5, 5.41) is 12.8. The highest BCUT2D eigenvalue weighted by Crippen LogP contribution is 2.36. The van der Waals surface area contributed by atoms with E-state index in [2.05, 4.69) is 25.1 Å². The summed E-state index contributed by atoms with van der Waals surface area (Å²) in [6.07, 6.45) is 9.30. The van der Waals surface area contributed by atoms with Crippen LogP contribution in [0, 0.1) is 11.7 Å². The van der Waals surface area contributed by atoms with Crippen molar-refractivity contribution in [1.82, 2.24) is 29.3 Å². The molecule has 2 saturated heterocycles. The zero-order valence-corrected chi connectivity index (χ0v) is 27.9. The summed E-state index contributed by atoms with van der Waals surface area (Å²) in [7, 11) is 0. The fraction of sp³-hybridized carbons (Fsp3) is 0.405. The van der Waals surface area contributed by atoms with E-state index in [0.717, 1.165) is 30.0 Å². The first-order chi connectivity index (χ1) is 24.5. The molecule has 2 aromatic heterocycles. The maximum absolute atomic E-state index is 15.4. The fourth-order valence-electron chi connectivity index (χ4n) is 7.31. The minimum absolute atomic E-state index is 0.0955. The number of ether oxygens (including phenoxy) is 3. The van der Waals surface area contributed by atoms with Crippen LogP contribution in [0.1, 0.15) is 31.2 Å². The summed E-state index contributed by atoms with van der Waals surface area (Å²) >= 11 is 0. The Balaban J connectivity index is 0.847. The molecule has 3 fully saturated rings. The topological polar surface area (TPSA) is 105 Å². The van der Waals surface area contributed by atoms with Gasteiger partial charge < -0.3 is 24.0 Å². The average molecular weight is 681 g/mol. The van der Waals surface area contributed by atoms with Crippen LogP contribution >= 0.6 is 0 Å². The molecule has 0 radical (unpaired) electrons. The van der Waals surface area contributed by atoms with Gasteiger partial charge in [0.15, 0.2) is 0 Å². The SMILES string of the molecule is O=c1n(-c2ccc(N3CCN(c4ccc(OC[C@@H]5CO[C@@](Cn6nccn6)(c6ccccc6)O5)cc4F)CC3)cc2)cnn1CC1CCCC1. The molecular weight excluding hydrogens is 639 g/mol. The van der Waals surface area contributed by atoms with Gasteiger partial charge in [-0.1, -0.05) is 43.2 Å². The largest absolute Gasteiger partial charge is 0.491 e. The third kappa shape index (κ3) is 6.75. The molecule has 2 atom stereocenters. The highest BCUT2D eigenvalue weighted by Gasteiger charge is 2.44. The first-order valence-corrected chi connectivity index (χ1v) is 17.4. The van der Waals surface area contributed by atoms with E-state index in [1.165, 1.54) is 31.7 Å². The second-order valence-electron chi connectivity index (χ2n) is 13.3. The molecule has 50 heavy (non-hydrogen) atoms. The van der Waals surface area contributed by atoms with Crippen molar-refractivity contribution in [3.8, 4) is 11.4 Å². The standard InChI is InChI=1S/C37H41FN8O4/c38-34-22-32(48-24-33-25-49-37(50-33,26-46-39-16-17-40-46)29-8-2-1-3-9-29)14-15-35(34)43-20-18-42(19-21-43)30-10-12-31(13-11-30)44-27-41-45(36(44)47)23-28-6-4-5-7-28/h1-3,8-17,22,27-28,33H,4-7,18-21,23-26H2/t33-,37-/m1/s1. The van der Waals surface area contributed by atoms with Crippen LogP contribution in [0.3, 0.4) is 0 Å². The van der Waals surface area contributed by atoms with Crippen LogP contribution in [0.4, 0.5) is 15.8 Å². The number of hydrogen-bond donors (Lipinski definition) is 0. The van der Waals surface area contributed by atoms with Crippen molar-refractivity contribution in [2.45, 2.75) is 50.7 Å². The lowest BCUT2D eigenvalue weighted by Gasteiger charge is -2.37. The molecule has 0 unspecified atom stereocenters. The van der Waals surface area contributed by atoms with E-state index in [9.17, 15) is 4.79 Å². The van der Waals surface area contributed by atoms with Gasteiger partial charge in [-0.3, -0.25) is 0 Å². The van der Waals surface area contributed by atoms with Crippen molar-refractivity contribution in [2.24, 2.45) is 5.92 Å². The number of hydrogen-bond acceptors (Lipinski definition) is 9. The molecule has 8 rings (SSSR count). The summed E-state index contributed by atoms with van der Waals surface area (Å²) in [5.74, 6) is -0.400. The zero-order valence-electron chi connectivity index (χ0n) is 27.9. The van der Waals surface area contributed by atoms with E-state index >= 15 is 4.39 Å². The number of aromatic nitrogens is 6. The minimum Gasteiger partial charge on any atom is -0.491 e. The molecule has 260 valence electrons. The fourth-order valence-corrected chi connectivity index (χ4v) is 7.31.